The maximum Gasteiger partial charge on any atom is 0.251 e. The first-order valence-corrected chi connectivity index (χ1v) is 9.37. The lowest BCUT2D eigenvalue weighted by Gasteiger charge is -2.19. The van der Waals surface area contributed by atoms with E-state index in [2.05, 4.69) is 41.4 Å². The number of benzene rings is 2. The van der Waals surface area contributed by atoms with Crippen LogP contribution in [0.5, 0.6) is 0 Å². The van der Waals surface area contributed by atoms with E-state index in [4.69, 9.17) is 0 Å². The fourth-order valence-corrected chi connectivity index (χ4v) is 2.92. The number of para-hydroxylation sites is 2. The van der Waals surface area contributed by atoms with Crippen LogP contribution in [0, 0.1) is 0 Å². The van der Waals surface area contributed by atoms with Crippen molar-refractivity contribution < 1.29 is 9.59 Å². The second kappa shape index (κ2) is 7.84. The number of aromatic nitrogens is 2. The molecular weight excluding hydrogens is 352 g/mol. The minimum atomic E-state index is -0.289. The van der Waals surface area contributed by atoms with Gasteiger partial charge >= 0.3 is 0 Å². The number of fused-ring (bicyclic) bond motifs is 1. The number of nitrogens with one attached hydrogen (secondary N) is 3. The Morgan fingerprint density at radius 2 is 1.75 bits per heavy atom. The van der Waals surface area contributed by atoms with Gasteiger partial charge in [0, 0.05) is 5.56 Å². The molecule has 0 spiro atoms. The molecule has 0 bridgehead atoms. The molecule has 3 rings (SSSR count). The summed E-state index contributed by atoms with van der Waals surface area (Å²) >= 11 is 0. The SMILES string of the molecule is C[C@H](NC(=O)CNC(=O)c1ccc(C(C)(C)C)cc1)c1nc2ccccc2[nH]1. The number of carbonyl (C=O) groups excluding carboxylic acids is 2. The van der Waals surface area contributed by atoms with Crippen LogP contribution in [0.1, 0.15) is 55.5 Å². The number of H-pyrrole nitrogens is 1. The Balaban J connectivity index is 1.54. The highest BCUT2D eigenvalue weighted by atomic mass is 16.2. The van der Waals surface area contributed by atoms with E-state index in [9.17, 15) is 9.59 Å². The third-order valence-corrected chi connectivity index (χ3v) is 4.62. The average Bonchev–Trinajstić information content (AvgIpc) is 3.10. The first-order valence-electron chi connectivity index (χ1n) is 9.37. The maximum atomic E-state index is 12.3. The summed E-state index contributed by atoms with van der Waals surface area (Å²) in [6, 6.07) is 14.9. The number of aromatic amines is 1. The van der Waals surface area contributed by atoms with Crippen LogP contribution in [0.2, 0.25) is 0 Å². The molecule has 0 aliphatic rings. The smallest absolute Gasteiger partial charge is 0.251 e. The lowest BCUT2D eigenvalue weighted by atomic mass is 9.87. The second-order valence-electron chi connectivity index (χ2n) is 7.94. The Hall–Kier alpha value is -3.15. The van der Waals surface area contributed by atoms with E-state index in [1.807, 2.05) is 43.3 Å². The Morgan fingerprint density at radius 3 is 2.39 bits per heavy atom. The fourth-order valence-electron chi connectivity index (χ4n) is 2.92. The maximum absolute atomic E-state index is 12.3. The third kappa shape index (κ3) is 4.57. The zero-order valence-corrected chi connectivity index (χ0v) is 16.7. The summed E-state index contributed by atoms with van der Waals surface area (Å²) in [5.74, 6) is 0.137. The fraction of sp³-hybridized carbons (Fsp3) is 0.318. The minimum Gasteiger partial charge on any atom is -0.345 e. The quantitative estimate of drug-likeness (QED) is 0.635. The van der Waals surface area contributed by atoms with Crippen molar-refractivity contribution in [2.45, 2.75) is 39.2 Å². The molecule has 6 nitrogen and oxygen atoms in total. The summed E-state index contributed by atoms with van der Waals surface area (Å²) in [7, 11) is 0. The van der Waals surface area contributed by atoms with Crippen LogP contribution in [0.25, 0.3) is 11.0 Å². The van der Waals surface area contributed by atoms with Gasteiger partial charge in [0.05, 0.1) is 23.6 Å². The zero-order valence-electron chi connectivity index (χ0n) is 16.7. The Kier molecular flexibility index (Phi) is 5.49. The van der Waals surface area contributed by atoms with E-state index >= 15 is 0 Å². The first-order chi connectivity index (χ1) is 13.2. The highest BCUT2D eigenvalue weighted by molar-refractivity contribution is 5.96. The van der Waals surface area contributed by atoms with Gasteiger partial charge in [-0.15, -0.1) is 0 Å². The molecule has 146 valence electrons. The monoisotopic (exact) mass is 378 g/mol. The van der Waals surface area contributed by atoms with Crippen molar-refractivity contribution in [1.82, 2.24) is 20.6 Å². The Morgan fingerprint density at radius 1 is 1.07 bits per heavy atom. The lowest BCUT2D eigenvalue weighted by Crippen LogP contribution is -2.38. The van der Waals surface area contributed by atoms with Crippen molar-refractivity contribution in [3.63, 3.8) is 0 Å². The molecule has 2 amide bonds. The molecule has 0 unspecified atom stereocenters. The van der Waals surface area contributed by atoms with E-state index in [-0.39, 0.29) is 29.8 Å². The molecule has 0 saturated carbocycles. The molecule has 0 aliphatic carbocycles. The highest BCUT2D eigenvalue weighted by Crippen LogP contribution is 2.22. The average molecular weight is 378 g/mol. The summed E-state index contributed by atoms with van der Waals surface area (Å²) in [4.78, 5) is 32.1. The van der Waals surface area contributed by atoms with Gasteiger partial charge in [0.25, 0.3) is 5.91 Å². The van der Waals surface area contributed by atoms with Crippen LogP contribution in [-0.4, -0.2) is 28.3 Å². The number of imidazole rings is 1. The number of nitrogens with zero attached hydrogens (tertiary/aromatic N) is 1. The van der Waals surface area contributed by atoms with Crippen molar-refractivity contribution >= 4 is 22.8 Å². The topological polar surface area (TPSA) is 86.9 Å². The van der Waals surface area contributed by atoms with E-state index in [1.54, 1.807) is 12.1 Å². The molecule has 0 radical (unpaired) electrons. The molecule has 3 N–H and O–H groups in total. The molecular formula is C22H26N4O2. The van der Waals surface area contributed by atoms with Crippen molar-refractivity contribution in [3.8, 4) is 0 Å². The predicted octanol–water partition coefficient (Wildman–Crippen LogP) is 3.47. The molecule has 1 atom stereocenters. The summed E-state index contributed by atoms with van der Waals surface area (Å²) in [5.41, 5.74) is 3.49. The van der Waals surface area contributed by atoms with Crippen LogP contribution >= 0.6 is 0 Å². The lowest BCUT2D eigenvalue weighted by molar-refractivity contribution is -0.120. The highest BCUT2D eigenvalue weighted by Gasteiger charge is 2.16. The van der Waals surface area contributed by atoms with Gasteiger partial charge in [-0.05, 0) is 42.2 Å². The summed E-state index contributed by atoms with van der Waals surface area (Å²) in [6.07, 6.45) is 0. The van der Waals surface area contributed by atoms with Crippen LogP contribution in [0.15, 0.2) is 48.5 Å². The molecule has 1 aromatic heterocycles. The molecule has 2 aromatic carbocycles. The van der Waals surface area contributed by atoms with Crippen LogP contribution in [-0.2, 0) is 10.2 Å². The standard InChI is InChI=1S/C22H26N4O2/c1-14(20-25-17-7-5-6-8-18(17)26-20)24-19(27)13-23-21(28)15-9-11-16(12-10-15)22(2,3)4/h5-12,14H,13H2,1-4H3,(H,23,28)(H,24,27)(H,25,26)/t14-/m0/s1. The van der Waals surface area contributed by atoms with Gasteiger partial charge in [-0.1, -0.05) is 45.0 Å². The van der Waals surface area contributed by atoms with E-state index < -0.39 is 0 Å². The van der Waals surface area contributed by atoms with E-state index in [0.717, 1.165) is 16.6 Å². The van der Waals surface area contributed by atoms with Crippen molar-refractivity contribution in [2.75, 3.05) is 6.54 Å². The van der Waals surface area contributed by atoms with Gasteiger partial charge in [0.15, 0.2) is 0 Å². The van der Waals surface area contributed by atoms with Gasteiger partial charge in [-0.3, -0.25) is 9.59 Å². The van der Waals surface area contributed by atoms with E-state index in [0.29, 0.717) is 11.4 Å². The molecule has 28 heavy (non-hydrogen) atoms. The largest absolute Gasteiger partial charge is 0.345 e. The van der Waals surface area contributed by atoms with Crippen LogP contribution in [0.3, 0.4) is 0 Å². The minimum absolute atomic E-state index is 0.0294. The van der Waals surface area contributed by atoms with Crippen LogP contribution < -0.4 is 10.6 Å². The predicted molar refractivity (Wildman–Crippen MR) is 110 cm³/mol. The van der Waals surface area contributed by atoms with Gasteiger partial charge in [-0.2, -0.15) is 0 Å². The Labute approximate surface area is 164 Å². The number of hydrogen-bond acceptors (Lipinski definition) is 3. The van der Waals surface area contributed by atoms with Crippen molar-refractivity contribution in [3.05, 3.63) is 65.5 Å². The first kappa shape index (κ1) is 19.6. The Bertz CT molecular complexity index is 951. The second-order valence-corrected chi connectivity index (χ2v) is 7.94. The summed E-state index contributed by atoms with van der Waals surface area (Å²) < 4.78 is 0. The number of hydrogen-bond donors (Lipinski definition) is 3. The van der Waals surface area contributed by atoms with Gasteiger partial charge in [-0.25, -0.2) is 4.98 Å². The number of carbonyl (C=O) groups is 2. The zero-order chi connectivity index (χ0) is 20.3. The third-order valence-electron chi connectivity index (χ3n) is 4.62. The normalized spacial score (nSPS) is 12.6. The molecule has 0 aliphatic heterocycles. The number of rotatable bonds is 5. The molecule has 6 heteroatoms. The van der Waals surface area contributed by atoms with Gasteiger partial charge in [0.1, 0.15) is 5.82 Å². The molecule has 0 fully saturated rings. The number of amides is 2. The summed E-state index contributed by atoms with van der Waals surface area (Å²) in [6.45, 7) is 8.12. The van der Waals surface area contributed by atoms with E-state index in [1.165, 1.54) is 0 Å². The molecule has 1 heterocycles. The summed E-state index contributed by atoms with van der Waals surface area (Å²) in [5, 5.41) is 5.50. The van der Waals surface area contributed by atoms with Crippen molar-refractivity contribution in [1.29, 1.82) is 0 Å². The van der Waals surface area contributed by atoms with Crippen molar-refractivity contribution in [2.24, 2.45) is 0 Å². The molecule has 3 aromatic rings. The molecule has 0 saturated heterocycles. The van der Waals surface area contributed by atoms with Gasteiger partial charge in [0.2, 0.25) is 5.91 Å². The van der Waals surface area contributed by atoms with Gasteiger partial charge < -0.3 is 15.6 Å². The van der Waals surface area contributed by atoms with Crippen LogP contribution in [0.4, 0.5) is 0 Å².